The van der Waals surface area contributed by atoms with E-state index < -0.39 is 59.4 Å². The molecule has 678 valence electrons. The predicted octanol–water partition coefficient (Wildman–Crippen LogP) is 22.0. The number of benzene rings is 8. The summed E-state index contributed by atoms with van der Waals surface area (Å²) in [5.41, 5.74) is 9.37. The lowest BCUT2D eigenvalue weighted by Gasteiger charge is -2.30. The quantitative estimate of drug-likeness (QED) is 0.0168. The Hall–Kier alpha value is -13.5. The molecular formula is C100H103F2N13O12S4. The highest BCUT2D eigenvalue weighted by molar-refractivity contribution is 7.81. The zero-order chi connectivity index (χ0) is 93.4. The first-order chi connectivity index (χ1) is 63.2. The molecule has 1 saturated carbocycles. The Bertz CT molecular complexity index is 5850. The van der Waals surface area contributed by atoms with Crippen LogP contribution in [-0.2, 0) is 30.1 Å². The molecule has 0 unspecified atom stereocenters. The molecule has 2 aliphatic rings. The summed E-state index contributed by atoms with van der Waals surface area (Å²) in [6.45, 7) is 12.4. The van der Waals surface area contributed by atoms with Gasteiger partial charge in [-0.3, -0.25) is 39.1 Å². The number of nitrogens with one attached hydrogen (secondary N) is 9. The maximum Gasteiger partial charge on any atom is 0.408 e. The lowest BCUT2D eigenvalue weighted by molar-refractivity contribution is 0.0106. The molecule has 5 heterocycles. The van der Waals surface area contributed by atoms with E-state index in [1.807, 2.05) is 137 Å². The van der Waals surface area contributed by atoms with Crippen molar-refractivity contribution in [3.63, 3.8) is 0 Å². The highest BCUT2D eigenvalue weighted by Gasteiger charge is 2.42. The summed E-state index contributed by atoms with van der Waals surface area (Å²) in [7, 11) is 0. The molecule has 4 aromatic heterocycles. The van der Waals surface area contributed by atoms with Crippen LogP contribution in [0.5, 0.6) is 0 Å². The second kappa shape index (κ2) is 48.3. The number of aromatic nitrogens is 4. The summed E-state index contributed by atoms with van der Waals surface area (Å²) in [5.74, 6) is -1.93. The Morgan fingerprint density at radius 2 is 0.725 bits per heavy atom. The van der Waals surface area contributed by atoms with E-state index in [0.29, 0.717) is 108 Å². The molecule has 131 heavy (non-hydrogen) atoms. The van der Waals surface area contributed by atoms with Crippen LogP contribution < -0.4 is 47.9 Å². The van der Waals surface area contributed by atoms with Crippen molar-refractivity contribution >= 4 is 121 Å². The third kappa shape index (κ3) is 28.3. The van der Waals surface area contributed by atoms with E-state index in [1.54, 1.807) is 148 Å². The number of ether oxygens (including phenoxy) is 4. The van der Waals surface area contributed by atoms with E-state index in [9.17, 15) is 47.1 Å². The van der Waals surface area contributed by atoms with Crippen LogP contribution in [0.1, 0.15) is 215 Å². The SMILES string of the molecule is CC[C@H](NC(=O)O[C@@H](C)c1cncc(F)c1)c1ccc(C(=O)Nc2ccccc2S)cc1.CC[C@H](NC(=O)O[C@@]1(c2cccnc2)CCNC1)c1ccc(C(=O)Nc2ccccc2S)cc1.CC[C@H](OC(=O)N[C@@H](C)c1ccc(C(=O)Nc2ccccc2S)cc1)c1cncc(F)c1.C[C@H](NC(=O)OC1(c2cccnc2)CCCC1)c1ccc(C(=O)Nc2ccccc2S)cc1. The fourth-order valence-electron chi connectivity index (χ4n) is 14.5. The van der Waals surface area contributed by atoms with Gasteiger partial charge in [0.2, 0.25) is 0 Å². The molecule has 25 nitrogen and oxygen atoms in total. The summed E-state index contributed by atoms with van der Waals surface area (Å²) < 4.78 is 49.5. The Labute approximate surface area is 781 Å². The number of alkyl carbamates (subject to hydrolysis) is 4. The number of nitrogens with zero attached hydrogens (tertiary/aromatic N) is 4. The van der Waals surface area contributed by atoms with E-state index in [2.05, 4.69) is 118 Å². The standard InChI is InChI=1S/C26H28N4O3S.C26H27N3O3S.2C24H24FN3O3S/c1-2-21(30-25(32)33-26(13-15-28-17-26)20-6-5-14-27-16-20)18-9-11-19(12-10-18)24(31)29-22-7-3-4-8-23(22)34;1-18(28-25(31)32-26(14-4-5-15-26)21-7-6-16-27-17-21)19-10-12-20(13-11-19)24(30)29-22-8-2-3-9-23(22)33;1-3-20(28-24(30)31-15(2)18-12-19(25)14-26-13-18)16-8-10-17(11-9-16)23(29)27-21-6-4-5-7-22(21)32;1-3-21(18-12-19(25)14-26-13-18)31-24(30)27-15(2)16-8-10-17(11-9-16)23(29)28-20-6-4-5-7-22(20)32/h3-12,14,16,21,28,34H,2,13,15,17H2,1H3,(H,29,31)(H,30,32);2-3,6-13,16-18,33H,4-5,14-15H2,1H3,(H,28,31)(H,29,30);4-15,20,32H,3H2,1-2H3,(H,27,29)(H,28,30);4-15,21,32H,3H2,1-2H3,(H,27,30)(H,28,29)/t21-,26-;18-;15-,20-;15-,21-/m0000/s1. The van der Waals surface area contributed by atoms with Crippen molar-refractivity contribution in [3.05, 3.63) is 358 Å². The Kier molecular flexibility index (Phi) is 36.2. The minimum Gasteiger partial charge on any atom is -0.442 e. The van der Waals surface area contributed by atoms with E-state index in [-0.39, 0.29) is 47.8 Å². The highest BCUT2D eigenvalue weighted by atomic mass is 32.1. The van der Waals surface area contributed by atoms with Crippen molar-refractivity contribution in [1.29, 1.82) is 0 Å². The Morgan fingerprint density at radius 3 is 1.09 bits per heavy atom. The number of thiol groups is 4. The molecule has 8 aromatic carbocycles. The zero-order valence-corrected chi connectivity index (χ0v) is 76.4. The summed E-state index contributed by atoms with van der Waals surface area (Å²) in [6.07, 6.45) is 14.7. The van der Waals surface area contributed by atoms with Crippen molar-refractivity contribution in [2.45, 2.75) is 160 Å². The van der Waals surface area contributed by atoms with Gasteiger partial charge in [-0.1, -0.05) is 130 Å². The fraction of sp³-hybridized carbons (Fsp3) is 0.240. The molecule has 31 heteroatoms. The van der Waals surface area contributed by atoms with Gasteiger partial charge in [0.15, 0.2) is 5.60 Å². The lowest BCUT2D eigenvalue weighted by Crippen LogP contribution is -2.40. The van der Waals surface area contributed by atoms with Crippen molar-refractivity contribution in [2.24, 2.45) is 0 Å². The van der Waals surface area contributed by atoms with Gasteiger partial charge in [-0.15, -0.1) is 50.5 Å². The number of carbonyl (C=O) groups is 8. The molecule has 12 aromatic rings. The minimum atomic E-state index is -0.734. The minimum absolute atomic E-state index is 0.220. The predicted molar refractivity (Wildman–Crippen MR) is 511 cm³/mol. The summed E-state index contributed by atoms with van der Waals surface area (Å²) in [4.78, 5) is 119. The number of anilines is 4. The van der Waals surface area contributed by atoms with Gasteiger partial charge in [0, 0.05) is 114 Å². The number of carbonyl (C=O) groups excluding carboxylic acids is 8. The van der Waals surface area contributed by atoms with Crippen molar-refractivity contribution < 1.29 is 66.1 Å². The summed E-state index contributed by atoms with van der Waals surface area (Å²) in [6, 6.07) is 66.3. The van der Waals surface area contributed by atoms with Crippen LogP contribution in [-0.4, -0.2) is 81.0 Å². The first-order valence-electron chi connectivity index (χ1n) is 42.6. The van der Waals surface area contributed by atoms with Gasteiger partial charge in [-0.05, 0) is 216 Å². The second-order valence-electron chi connectivity index (χ2n) is 30.9. The van der Waals surface area contributed by atoms with Gasteiger partial charge in [0.1, 0.15) is 29.4 Å². The number of pyridine rings is 4. The van der Waals surface area contributed by atoms with Crippen LogP contribution >= 0.6 is 50.5 Å². The van der Waals surface area contributed by atoms with Gasteiger partial charge in [-0.2, -0.15) is 0 Å². The number of hydrogen-bond donors (Lipinski definition) is 13. The van der Waals surface area contributed by atoms with Crippen LogP contribution in [0.2, 0.25) is 0 Å². The first-order valence-corrected chi connectivity index (χ1v) is 44.4. The molecular weight excluding hydrogens is 1740 g/mol. The van der Waals surface area contributed by atoms with Crippen LogP contribution in [0, 0.1) is 11.6 Å². The maximum atomic E-state index is 13.4. The molecule has 0 radical (unpaired) electrons. The molecule has 1 saturated heterocycles. The summed E-state index contributed by atoms with van der Waals surface area (Å²) in [5, 5.41) is 26.1. The molecule has 8 amide bonds. The average Bonchev–Trinajstić information content (AvgIpc) is 1.70. The van der Waals surface area contributed by atoms with E-state index in [4.69, 9.17) is 18.9 Å². The summed E-state index contributed by atoms with van der Waals surface area (Å²) >= 11 is 17.4. The van der Waals surface area contributed by atoms with E-state index in [1.165, 1.54) is 24.5 Å². The number of para-hydroxylation sites is 4. The number of rotatable bonds is 27. The second-order valence-corrected chi connectivity index (χ2v) is 32.9. The molecule has 2 fully saturated rings. The number of halogens is 2. The number of amides is 8. The van der Waals surface area contributed by atoms with Crippen LogP contribution in [0.3, 0.4) is 0 Å². The van der Waals surface area contributed by atoms with Crippen molar-refractivity contribution in [1.82, 2.24) is 46.5 Å². The van der Waals surface area contributed by atoms with Crippen molar-refractivity contribution in [3.8, 4) is 0 Å². The van der Waals surface area contributed by atoms with E-state index in [0.717, 1.165) is 78.0 Å². The molecule has 1 aliphatic carbocycles. The van der Waals surface area contributed by atoms with Gasteiger partial charge in [0.25, 0.3) is 23.6 Å². The average molecular weight is 1850 g/mol. The van der Waals surface area contributed by atoms with Gasteiger partial charge >= 0.3 is 24.4 Å². The van der Waals surface area contributed by atoms with Gasteiger partial charge < -0.3 is 66.8 Å². The monoisotopic (exact) mass is 1840 g/mol. The lowest BCUT2D eigenvalue weighted by atomic mass is 9.93. The third-order valence-corrected chi connectivity index (χ3v) is 23.4. The fourth-order valence-corrected chi connectivity index (χ4v) is 15.4. The third-order valence-electron chi connectivity index (χ3n) is 21.9. The van der Waals surface area contributed by atoms with E-state index >= 15 is 0 Å². The molecule has 7 atom stereocenters. The molecule has 0 bridgehead atoms. The van der Waals surface area contributed by atoms with Crippen LogP contribution in [0.4, 0.5) is 50.7 Å². The number of hydrogen-bond acceptors (Lipinski definition) is 21. The Morgan fingerprint density at radius 1 is 0.374 bits per heavy atom. The smallest absolute Gasteiger partial charge is 0.408 e. The van der Waals surface area contributed by atoms with Gasteiger partial charge in [-0.25, -0.2) is 28.0 Å². The molecule has 14 rings (SSSR count). The topological polar surface area (TPSA) is 333 Å². The zero-order valence-electron chi connectivity index (χ0n) is 72.8. The maximum absolute atomic E-state index is 13.4. The van der Waals surface area contributed by atoms with Crippen LogP contribution in [0.25, 0.3) is 0 Å². The van der Waals surface area contributed by atoms with Crippen molar-refractivity contribution in [2.75, 3.05) is 34.4 Å². The highest BCUT2D eigenvalue weighted by Crippen LogP contribution is 2.43. The Balaban J connectivity index is 0.000000169. The van der Waals surface area contributed by atoms with Crippen LogP contribution in [0.15, 0.2) is 300 Å². The molecule has 9 N–H and O–H groups in total. The normalized spacial score (nSPS) is 14.7. The molecule has 0 spiro atoms. The largest absolute Gasteiger partial charge is 0.442 e. The molecule has 1 aliphatic heterocycles. The first kappa shape index (κ1) is 98.1. The van der Waals surface area contributed by atoms with Gasteiger partial charge in [0.05, 0.1) is 59.3 Å².